The van der Waals surface area contributed by atoms with E-state index in [1.807, 2.05) is 66.7 Å². The van der Waals surface area contributed by atoms with Crippen LogP contribution in [0.4, 0.5) is 0 Å². The van der Waals surface area contributed by atoms with Crippen LogP contribution in [0.15, 0.2) is 66.7 Å². The topological polar surface area (TPSA) is 33.0 Å². The number of nitrogens with zero attached hydrogens (tertiary/aromatic N) is 1. The van der Waals surface area contributed by atoms with Gasteiger partial charge < -0.3 is 4.74 Å². The summed E-state index contributed by atoms with van der Waals surface area (Å²) in [5, 5.41) is 10.1. The minimum atomic E-state index is 0.519. The average molecular weight is 598 g/mol. The number of halogens is 3. The molecule has 5 heteroatoms. The second-order valence-corrected chi connectivity index (χ2v) is 8.47. The lowest BCUT2D eigenvalue weighted by Gasteiger charge is -2.12. The molecule has 0 spiro atoms. The second kappa shape index (κ2) is 9.58. The van der Waals surface area contributed by atoms with Crippen LogP contribution in [0.1, 0.15) is 16.7 Å². The first-order valence-electron chi connectivity index (χ1n) is 8.11. The SMILES string of the molecule is N#CC(=Cc1cc(I)c(OCc2ccccc2)c(I)c1)c1ccccc1Cl. The van der Waals surface area contributed by atoms with Crippen molar-refractivity contribution in [3.05, 3.63) is 95.6 Å². The number of ether oxygens (including phenoxy) is 1. The molecule has 3 rings (SSSR count). The summed E-state index contributed by atoms with van der Waals surface area (Å²) in [5.74, 6) is 0.855. The molecule has 3 aromatic rings. The van der Waals surface area contributed by atoms with Gasteiger partial charge >= 0.3 is 0 Å². The number of rotatable bonds is 5. The number of nitriles is 1. The summed E-state index contributed by atoms with van der Waals surface area (Å²) in [6.07, 6.45) is 1.85. The molecule has 0 saturated carbocycles. The Bertz CT molecular complexity index is 1000. The molecule has 0 radical (unpaired) electrons. The Morgan fingerprint density at radius 3 is 2.26 bits per heavy atom. The van der Waals surface area contributed by atoms with Crippen molar-refractivity contribution in [2.24, 2.45) is 0 Å². The normalized spacial score (nSPS) is 11.1. The van der Waals surface area contributed by atoms with Crippen molar-refractivity contribution in [2.45, 2.75) is 6.61 Å². The number of allylic oxidation sites excluding steroid dienone is 1. The molecule has 27 heavy (non-hydrogen) atoms. The van der Waals surface area contributed by atoms with Crippen molar-refractivity contribution in [3.63, 3.8) is 0 Å². The van der Waals surface area contributed by atoms with Gasteiger partial charge in [0.2, 0.25) is 0 Å². The summed E-state index contributed by atoms with van der Waals surface area (Å²) in [6, 6.07) is 23.7. The molecule has 0 heterocycles. The quantitative estimate of drug-likeness (QED) is 0.177. The largest absolute Gasteiger partial charge is 0.487 e. The van der Waals surface area contributed by atoms with Crippen LogP contribution < -0.4 is 4.74 Å². The molecule has 3 aromatic carbocycles. The fourth-order valence-corrected chi connectivity index (χ4v) is 4.91. The smallest absolute Gasteiger partial charge is 0.146 e. The number of benzene rings is 3. The van der Waals surface area contributed by atoms with E-state index in [2.05, 4.69) is 51.3 Å². The fraction of sp³-hybridized carbons (Fsp3) is 0.0455. The molecular formula is C22H14ClI2NO. The zero-order valence-corrected chi connectivity index (χ0v) is 19.2. The molecule has 0 saturated heterocycles. The first-order valence-corrected chi connectivity index (χ1v) is 10.6. The molecule has 2 nitrogen and oxygen atoms in total. The highest BCUT2D eigenvalue weighted by Crippen LogP contribution is 2.32. The van der Waals surface area contributed by atoms with E-state index in [0.717, 1.165) is 29.6 Å². The molecule has 0 atom stereocenters. The van der Waals surface area contributed by atoms with Gasteiger partial charge in [0.1, 0.15) is 12.4 Å². The summed E-state index contributed by atoms with van der Waals surface area (Å²) in [4.78, 5) is 0. The maximum absolute atomic E-state index is 9.56. The van der Waals surface area contributed by atoms with Crippen LogP contribution in [0, 0.1) is 18.5 Å². The summed E-state index contributed by atoms with van der Waals surface area (Å²) in [7, 11) is 0. The van der Waals surface area contributed by atoms with Crippen LogP contribution in [0.5, 0.6) is 5.75 Å². The lowest BCUT2D eigenvalue weighted by molar-refractivity contribution is 0.302. The van der Waals surface area contributed by atoms with Gasteiger partial charge in [0.05, 0.1) is 18.8 Å². The number of hydrogen-bond donors (Lipinski definition) is 0. The molecule has 0 aliphatic heterocycles. The number of hydrogen-bond acceptors (Lipinski definition) is 2. The van der Waals surface area contributed by atoms with Crippen LogP contribution in [0.3, 0.4) is 0 Å². The minimum absolute atomic E-state index is 0.519. The van der Waals surface area contributed by atoms with Crippen molar-refractivity contribution < 1.29 is 4.74 Å². The van der Waals surface area contributed by atoms with Gasteiger partial charge in [-0.2, -0.15) is 5.26 Å². The fourth-order valence-electron chi connectivity index (χ4n) is 2.55. The minimum Gasteiger partial charge on any atom is -0.487 e. The van der Waals surface area contributed by atoms with E-state index in [1.54, 1.807) is 6.07 Å². The van der Waals surface area contributed by atoms with Gasteiger partial charge in [0.15, 0.2) is 0 Å². The Balaban J connectivity index is 1.88. The lowest BCUT2D eigenvalue weighted by Crippen LogP contribution is -1.99. The average Bonchev–Trinajstić information content (AvgIpc) is 2.67. The summed E-state index contributed by atoms with van der Waals surface area (Å²) < 4.78 is 8.02. The highest BCUT2D eigenvalue weighted by molar-refractivity contribution is 14.1. The predicted octanol–water partition coefficient (Wildman–Crippen LogP) is 7.19. The first-order chi connectivity index (χ1) is 13.1. The van der Waals surface area contributed by atoms with Gasteiger partial charge in [-0.1, -0.05) is 60.1 Å². The third-order valence-electron chi connectivity index (χ3n) is 3.84. The van der Waals surface area contributed by atoms with Gasteiger partial charge in [0, 0.05) is 10.6 Å². The van der Waals surface area contributed by atoms with Crippen LogP contribution in [-0.4, -0.2) is 0 Å². The molecule has 0 fully saturated rings. The van der Waals surface area contributed by atoms with Crippen LogP contribution in [0.25, 0.3) is 11.6 Å². The zero-order chi connectivity index (χ0) is 19.2. The Morgan fingerprint density at radius 2 is 1.63 bits per heavy atom. The molecule has 134 valence electrons. The monoisotopic (exact) mass is 597 g/mol. The van der Waals surface area contributed by atoms with E-state index in [-0.39, 0.29) is 0 Å². The van der Waals surface area contributed by atoms with E-state index in [9.17, 15) is 5.26 Å². The van der Waals surface area contributed by atoms with E-state index in [1.165, 1.54) is 0 Å². The van der Waals surface area contributed by atoms with Gasteiger partial charge in [-0.15, -0.1) is 0 Å². The Labute approximate surface area is 191 Å². The molecule has 0 unspecified atom stereocenters. The van der Waals surface area contributed by atoms with Crippen LogP contribution in [-0.2, 0) is 6.61 Å². The molecule has 0 amide bonds. The summed E-state index contributed by atoms with van der Waals surface area (Å²) in [5.41, 5.74) is 3.33. The lowest BCUT2D eigenvalue weighted by atomic mass is 10.0. The molecule has 0 N–H and O–H groups in total. The van der Waals surface area contributed by atoms with E-state index >= 15 is 0 Å². The van der Waals surface area contributed by atoms with E-state index < -0.39 is 0 Å². The molecule has 0 aromatic heterocycles. The van der Waals surface area contributed by atoms with Crippen molar-refractivity contribution >= 4 is 68.4 Å². The highest BCUT2D eigenvalue weighted by atomic mass is 127. The third kappa shape index (κ3) is 5.24. The standard InChI is InChI=1S/C22H14ClI2NO/c23-19-9-5-4-8-18(19)17(13-26)10-16-11-20(24)22(21(25)12-16)27-14-15-6-2-1-3-7-15/h1-12H,14H2. The Hall–Kier alpha value is -1.56. The van der Waals surface area contributed by atoms with Crippen LogP contribution >= 0.6 is 56.8 Å². The van der Waals surface area contributed by atoms with E-state index in [0.29, 0.717) is 17.2 Å². The van der Waals surface area contributed by atoms with Crippen molar-refractivity contribution in [2.75, 3.05) is 0 Å². The Kier molecular flexibility index (Phi) is 7.16. The van der Waals surface area contributed by atoms with Gasteiger partial charge in [-0.25, -0.2) is 0 Å². The molecule has 0 bridgehead atoms. The Morgan fingerprint density at radius 1 is 1.00 bits per heavy atom. The summed E-state index contributed by atoms with van der Waals surface area (Å²) >= 11 is 10.8. The van der Waals surface area contributed by atoms with Gasteiger partial charge in [-0.05, 0) is 80.6 Å². The predicted molar refractivity (Wildman–Crippen MR) is 128 cm³/mol. The molecular weight excluding hydrogens is 584 g/mol. The maximum atomic E-state index is 9.56. The van der Waals surface area contributed by atoms with Gasteiger partial charge in [0.25, 0.3) is 0 Å². The third-order valence-corrected chi connectivity index (χ3v) is 5.77. The zero-order valence-electron chi connectivity index (χ0n) is 14.1. The first kappa shape index (κ1) is 20.2. The van der Waals surface area contributed by atoms with E-state index in [4.69, 9.17) is 16.3 Å². The van der Waals surface area contributed by atoms with Crippen LogP contribution in [0.2, 0.25) is 5.02 Å². The van der Waals surface area contributed by atoms with Crippen molar-refractivity contribution in [3.8, 4) is 11.8 Å². The second-order valence-electron chi connectivity index (χ2n) is 5.74. The highest BCUT2D eigenvalue weighted by Gasteiger charge is 2.11. The molecule has 0 aliphatic rings. The molecule has 0 aliphatic carbocycles. The van der Waals surface area contributed by atoms with Gasteiger partial charge in [-0.3, -0.25) is 0 Å². The van der Waals surface area contributed by atoms with Crippen molar-refractivity contribution in [1.82, 2.24) is 0 Å². The maximum Gasteiger partial charge on any atom is 0.146 e. The summed E-state index contributed by atoms with van der Waals surface area (Å²) in [6.45, 7) is 0.519. The van der Waals surface area contributed by atoms with Crippen molar-refractivity contribution in [1.29, 1.82) is 5.26 Å².